The molecule has 0 unspecified atom stereocenters. The molecule has 0 radical (unpaired) electrons. The summed E-state index contributed by atoms with van der Waals surface area (Å²) in [6.45, 7) is 5.05. The lowest BCUT2D eigenvalue weighted by molar-refractivity contribution is 0.246. The Morgan fingerprint density at radius 3 is 2.67 bits per heavy atom. The number of nitrogens with zero attached hydrogens (tertiary/aromatic N) is 6. The maximum atomic E-state index is 4.83. The second-order valence-electron chi connectivity index (χ2n) is 8.26. The average Bonchev–Trinajstić information content (AvgIpc) is 2.94. The molecule has 1 fully saturated rings. The third-order valence-electron chi connectivity index (χ3n) is 5.86. The van der Waals surface area contributed by atoms with Crippen molar-refractivity contribution in [3.63, 3.8) is 0 Å². The van der Waals surface area contributed by atoms with Gasteiger partial charge in [0.15, 0.2) is 0 Å². The molecule has 5 rings (SSSR count). The fourth-order valence-electron chi connectivity index (χ4n) is 4.44. The summed E-state index contributed by atoms with van der Waals surface area (Å²) in [5.74, 6) is 0.526. The molecule has 1 aromatic carbocycles. The van der Waals surface area contributed by atoms with E-state index in [1.54, 1.807) is 0 Å². The predicted molar refractivity (Wildman–Crippen MR) is 119 cm³/mol. The number of pyridine rings is 2. The number of fused-ring (bicyclic) bond motifs is 2. The highest BCUT2D eigenvalue weighted by Gasteiger charge is 2.22. The van der Waals surface area contributed by atoms with Crippen LogP contribution < -0.4 is 0 Å². The van der Waals surface area contributed by atoms with E-state index in [9.17, 15) is 0 Å². The van der Waals surface area contributed by atoms with Gasteiger partial charge in [0.2, 0.25) is 0 Å². The molecule has 4 aromatic rings. The Labute approximate surface area is 176 Å². The van der Waals surface area contributed by atoms with Crippen molar-refractivity contribution in [2.75, 3.05) is 33.2 Å². The van der Waals surface area contributed by atoms with Gasteiger partial charge in [0.1, 0.15) is 0 Å². The molecule has 3 aromatic heterocycles. The predicted octanol–water partition coefficient (Wildman–Crippen LogP) is 3.18. The van der Waals surface area contributed by atoms with Crippen molar-refractivity contribution < 1.29 is 0 Å². The van der Waals surface area contributed by atoms with Gasteiger partial charge in [-0.1, -0.05) is 12.1 Å². The maximum Gasteiger partial charge on any atom is 0.0918 e. The zero-order valence-corrected chi connectivity index (χ0v) is 17.3. The Hall–Kier alpha value is -2.96. The fourth-order valence-corrected chi connectivity index (χ4v) is 4.44. The maximum absolute atomic E-state index is 4.83. The van der Waals surface area contributed by atoms with Crippen LogP contribution in [0.25, 0.3) is 22.1 Å². The molecule has 1 aliphatic heterocycles. The molecular weight excluding hydrogens is 372 g/mol. The topological polar surface area (TPSA) is 58.0 Å². The van der Waals surface area contributed by atoms with Crippen LogP contribution in [0.5, 0.6) is 0 Å². The van der Waals surface area contributed by atoms with Crippen molar-refractivity contribution in [3.05, 3.63) is 72.3 Å². The van der Waals surface area contributed by atoms with E-state index in [4.69, 9.17) is 4.98 Å². The van der Waals surface area contributed by atoms with E-state index in [2.05, 4.69) is 37.9 Å². The number of hydrogen-bond donors (Lipinski definition) is 0. The molecule has 6 nitrogen and oxygen atoms in total. The van der Waals surface area contributed by atoms with Gasteiger partial charge in [-0.15, -0.1) is 0 Å². The van der Waals surface area contributed by atoms with Crippen LogP contribution in [0.3, 0.4) is 0 Å². The van der Waals surface area contributed by atoms with E-state index >= 15 is 0 Å². The molecule has 4 heterocycles. The fraction of sp³-hybridized carbons (Fsp3) is 0.333. The zero-order chi connectivity index (χ0) is 20.3. The first-order valence-electron chi connectivity index (χ1n) is 10.5. The van der Waals surface area contributed by atoms with Gasteiger partial charge in [0, 0.05) is 45.1 Å². The van der Waals surface area contributed by atoms with Crippen molar-refractivity contribution in [1.82, 2.24) is 29.7 Å². The second-order valence-corrected chi connectivity index (χ2v) is 8.26. The van der Waals surface area contributed by atoms with Crippen LogP contribution in [0.4, 0.5) is 0 Å². The minimum absolute atomic E-state index is 0.526. The molecule has 0 aliphatic carbocycles. The number of benzene rings is 1. The summed E-state index contributed by atoms with van der Waals surface area (Å²) in [6.07, 6.45) is 6.69. The Bertz CT molecular complexity index is 1160. The van der Waals surface area contributed by atoms with Gasteiger partial charge < -0.3 is 4.90 Å². The minimum atomic E-state index is 0.526. The Morgan fingerprint density at radius 1 is 0.867 bits per heavy atom. The van der Waals surface area contributed by atoms with E-state index in [-0.39, 0.29) is 0 Å². The average molecular weight is 399 g/mol. The van der Waals surface area contributed by atoms with Gasteiger partial charge >= 0.3 is 0 Å². The van der Waals surface area contributed by atoms with Crippen molar-refractivity contribution in [2.45, 2.75) is 13.0 Å². The van der Waals surface area contributed by atoms with Crippen LogP contribution in [0.15, 0.2) is 61.1 Å². The smallest absolute Gasteiger partial charge is 0.0918 e. The zero-order valence-electron chi connectivity index (χ0n) is 17.3. The SMILES string of the molecule is CN1CCN(Cc2cnc3ccccc3n2)C[C@H](Cc2ccnc3cccnc23)C1. The summed E-state index contributed by atoms with van der Waals surface area (Å²) in [5.41, 5.74) is 6.23. The van der Waals surface area contributed by atoms with Gasteiger partial charge in [-0.25, -0.2) is 4.98 Å². The van der Waals surface area contributed by atoms with Crippen molar-refractivity contribution in [3.8, 4) is 0 Å². The summed E-state index contributed by atoms with van der Waals surface area (Å²) in [5, 5.41) is 0. The summed E-state index contributed by atoms with van der Waals surface area (Å²) < 4.78 is 0. The normalized spacial score (nSPS) is 18.6. The quantitative estimate of drug-likeness (QED) is 0.526. The Balaban J connectivity index is 1.35. The van der Waals surface area contributed by atoms with Crippen LogP contribution in [0, 0.1) is 5.92 Å². The third kappa shape index (κ3) is 4.15. The van der Waals surface area contributed by atoms with Crippen LogP contribution in [0.1, 0.15) is 11.3 Å². The van der Waals surface area contributed by atoms with Crippen LogP contribution in [-0.4, -0.2) is 63.0 Å². The van der Waals surface area contributed by atoms with Gasteiger partial charge in [0.05, 0.1) is 34.0 Å². The molecule has 1 aliphatic rings. The highest BCUT2D eigenvalue weighted by molar-refractivity contribution is 5.77. The Kier molecular flexibility index (Phi) is 5.34. The summed E-state index contributed by atoms with van der Waals surface area (Å²) >= 11 is 0. The molecule has 6 heteroatoms. The molecule has 1 saturated heterocycles. The number of hydrogen-bond acceptors (Lipinski definition) is 6. The van der Waals surface area contributed by atoms with E-state index in [0.717, 1.165) is 66.9 Å². The third-order valence-corrected chi connectivity index (χ3v) is 5.86. The molecule has 30 heavy (non-hydrogen) atoms. The van der Waals surface area contributed by atoms with Crippen LogP contribution in [-0.2, 0) is 13.0 Å². The van der Waals surface area contributed by atoms with Gasteiger partial charge in [0.25, 0.3) is 0 Å². The van der Waals surface area contributed by atoms with Crippen molar-refractivity contribution >= 4 is 22.1 Å². The molecule has 0 N–H and O–H groups in total. The number of likely N-dealkylation sites (N-methyl/N-ethyl adjacent to an activating group) is 1. The highest BCUT2D eigenvalue weighted by Crippen LogP contribution is 2.21. The first kappa shape index (κ1) is 19.0. The highest BCUT2D eigenvalue weighted by atomic mass is 15.2. The van der Waals surface area contributed by atoms with Crippen molar-refractivity contribution in [2.24, 2.45) is 5.92 Å². The van der Waals surface area contributed by atoms with E-state index < -0.39 is 0 Å². The molecule has 152 valence electrons. The summed E-state index contributed by atoms with van der Waals surface area (Å²) in [7, 11) is 2.22. The molecule has 0 spiro atoms. The van der Waals surface area contributed by atoms with Crippen molar-refractivity contribution in [1.29, 1.82) is 0 Å². The first-order valence-corrected chi connectivity index (χ1v) is 10.5. The molecular formula is C24H26N6. The van der Waals surface area contributed by atoms with Gasteiger partial charge in [-0.05, 0) is 55.3 Å². The van der Waals surface area contributed by atoms with Crippen LogP contribution in [0.2, 0.25) is 0 Å². The monoisotopic (exact) mass is 398 g/mol. The molecule has 0 bridgehead atoms. The largest absolute Gasteiger partial charge is 0.305 e. The lowest BCUT2D eigenvalue weighted by Crippen LogP contribution is -2.31. The first-order chi connectivity index (χ1) is 14.7. The second kappa shape index (κ2) is 8.42. The lowest BCUT2D eigenvalue weighted by Gasteiger charge is -2.24. The van der Waals surface area contributed by atoms with Gasteiger partial charge in [-0.3, -0.25) is 19.9 Å². The van der Waals surface area contributed by atoms with Crippen LogP contribution >= 0.6 is 0 Å². The van der Waals surface area contributed by atoms with E-state index in [1.165, 1.54) is 5.56 Å². The standard InChI is InChI=1S/C24H26N6/c1-29-11-12-30(17-20-14-27-21-5-2-3-6-22(21)28-20)16-18(15-29)13-19-8-10-25-23-7-4-9-26-24(19)23/h2-10,14,18H,11-13,15-17H2,1H3/t18-/m1/s1. The molecule has 1 atom stereocenters. The van der Waals surface area contributed by atoms with E-state index in [1.807, 2.05) is 55.0 Å². The molecule has 0 saturated carbocycles. The minimum Gasteiger partial charge on any atom is -0.305 e. The van der Waals surface area contributed by atoms with E-state index in [0.29, 0.717) is 5.92 Å². The lowest BCUT2D eigenvalue weighted by atomic mass is 9.98. The number of aromatic nitrogens is 4. The molecule has 0 amide bonds. The summed E-state index contributed by atoms with van der Waals surface area (Å²) in [4.78, 5) is 23.4. The number of rotatable bonds is 4. The Morgan fingerprint density at radius 2 is 1.73 bits per heavy atom. The van der Waals surface area contributed by atoms with Gasteiger partial charge in [-0.2, -0.15) is 0 Å². The summed E-state index contributed by atoms with van der Waals surface area (Å²) in [6, 6.07) is 14.2. The number of para-hydroxylation sites is 2.